The molecule has 2 rings (SSSR count). The van der Waals surface area contributed by atoms with Crippen LogP contribution in [-0.4, -0.2) is 21.9 Å². The molecule has 96 valence electrons. The minimum Gasteiger partial charge on any atom is -0.409 e. The fraction of sp³-hybridized carbons (Fsp3) is 0.417. The molecular formula is C12H16N4O2. The van der Waals surface area contributed by atoms with Gasteiger partial charge in [-0.3, -0.25) is 9.78 Å². The maximum atomic E-state index is 12.0. The van der Waals surface area contributed by atoms with Crippen molar-refractivity contribution in [3.05, 3.63) is 29.6 Å². The highest BCUT2D eigenvalue weighted by atomic mass is 16.4. The van der Waals surface area contributed by atoms with Gasteiger partial charge in [-0.15, -0.1) is 0 Å². The van der Waals surface area contributed by atoms with Crippen LogP contribution in [0.4, 0.5) is 0 Å². The molecule has 0 spiro atoms. The number of nitrogens with one attached hydrogen (secondary N) is 1. The van der Waals surface area contributed by atoms with Crippen LogP contribution in [0, 0.1) is 12.3 Å². The summed E-state index contributed by atoms with van der Waals surface area (Å²) in [5, 5.41) is 14.4. The lowest BCUT2D eigenvalue weighted by Gasteiger charge is -2.13. The average molecular weight is 248 g/mol. The zero-order chi connectivity index (χ0) is 13.2. The highest BCUT2D eigenvalue weighted by Gasteiger charge is 2.54. The first-order chi connectivity index (χ1) is 8.60. The van der Waals surface area contributed by atoms with Crippen molar-refractivity contribution < 1.29 is 10.0 Å². The Kier molecular flexibility index (Phi) is 3.18. The van der Waals surface area contributed by atoms with E-state index in [0.29, 0.717) is 19.4 Å². The summed E-state index contributed by atoms with van der Waals surface area (Å²) in [7, 11) is 0. The molecule has 0 atom stereocenters. The monoisotopic (exact) mass is 248 g/mol. The van der Waals surface area contributed by atoms with Gasteiger partial charge in [0.2, 0.25) is 5.91 Å². The number of amidine groups is 1. The molecule has 0 aliphatic heterocycles. The molecular weight excluding hydrogens is 232 g/mol. The average Bonchev–Trinajstić information content (AvgIpc) is 3.18. The summed E-state index contributed by atoms with van der Waals surface area (Å²) < 4.78 is 0. The molecule has 1 aromatic rings. The number of carbonyl (C=O) groups is 1. The summed E-state index contributed by atoms with van der Waals surface area (Å²) in [6, 6.07) is 3.78. The van der Waals surface area contributed by atoms with E-state index in [-0.39, 0.29) is 11.7 Å². The van der Waals surface area contributed by atoms with Crippen molar-refractivity contribution in [1.29, 1.82) is 0 Å². The number of hydrogen-bond acceptors (Lipinski definition) is 4. The Hall–Kier alpha value is -2.11. The highest BCUT2D eigenvalue weighted by Crippen LogP contribution is 2.46. The number of aryl methyl sites for hydroxylation is 1. The molecule has 0 radical (unpaired) electrons. The van der Waals surface area contributed by atoms with Crippen LogP contribution in [0.5, 0.6) is 0 Å². The lowest BCUT2D eigenvalue weighted by atomic mass is 10.1. The number of rotatable bonds is 4. The van der Waals surface area contributed by atoms with Gasteiger partial charge in [0.25, 0.3) is 0 Å². The summed E-state index contributed by atoms with van der Waals surface area (Å²) >= 11 is 0. The zero-order valence-electron chi connectivity index (χ0n) is 10.2. The van der Waals surface area contributed by atoms with E-state index >= 15 is 0 Å². The zero-order valence-corrected chi connectivity index (χ0v) is 10.2. The number of nitrogens with two attached hydrogens (primary N) is 1. The molecule has 0 bridgehead atoms. The molecule has 1 heterocycles. The fourth-order valence-electron chi connectivity index (χ4n) is 1.86. The third-order valence-electron chi connectivity index (χ3n) is 3.32. The Morgan fingerprint density at radius 3 is 2.94 bits per heavy atom. The van der Waals surface area contributed by atoms with Gasteiger partial charge in [0.15, 0.2) is 5.84 Å². The summed E-state index contributed by atoms with van der Waals surface area (Å²) in [6.07, 6.45) is 2.93. The summed E-state index contributed by atoms with van der Waals surface area (Å²) in [5.41, 5.74) is 6.57. The van der Waals surface area contributed by atoms with Crippen LogP contribution >= 0.6 is 0 Å². The second-order valence-corrected chi connectivity index (χ2v) is 4.52. The van der Waals surface area contributed by atoms with Crippen molar-refractivity contribution in [2.24, 2.45) is 16.3 Å². The SMILES string of the molecule is Cc1cccnc1CNC(=O)C1(/C(N)=N/O)CC1. The van der Waals surface area contributed by atoms with E-state index in [1.165, 1.54) is 0 Å². The maximum absolute atomic E-state index is 12.0. The number of oxime groups is 1. The molecule has 0 unspecified atom stereocenters. The van der Waals surface area contributed by atoms with Crippen LogP contribution in [0.2, 0.25) is 0 Å². The van der Waals surface area contributed by atoms with Crippen LogP contribution < -0.4 is 11.1 Å². The molecule has 1 aliphatic rings. The van der Waals surface area contributed by atoms with E-state index in [2.05, 4.69) is 15.5 Å². The molecule has 1 fully saturated rings. The van der Waals surface area contributed by atoms with E-state index in [0.717, 1.165) is 11.3 Å². The molecule has 1 aliphatic carbocycles. The lowest BCUT2D eigenvalue weighted by Crippen LogP contribution is -2.40. The Labute approximate surface area is 105 Å². The van der Waals surface area contributed by atoms with Gasteiger partial charge in [0, 0.05) is 6.20 Å². The molecule has 18 heavy (non-hydrogen) atoms. The smallest absolute Gasteiger partial charge is 0.234 e. The first-order valence-electron chi connectivity index (χ1n) is 5.77. The summed E-state index contributed by atoms with van der Waals surface area (Å²) in [6.45, 7) is 2.29. The van der Waals surface area contributed by atoms with Gasteiger partial charge in [0.1, 0.15) is 5.41 Å². The molecule has 1 aromatic heterocycles. The van der Waals surface area contributed by atoms with Crippen molar-refractivity contribution in [2.45, 2.75) is 26.3 Å². The predicted molar refractivity (Wildman–Crippen MR) is 65.9 cm³/mol. The number of hydrogen-bond donors (Lipinski definition) is 3. The Bertz CT molecular complexity index is 495. The Morgan fingerprint density at radius 1 is 1.67 bits per heavy atom. The van der Waals surface area contributed by atoms with Gasteiger partial charge >= 0.3 is 0 Å². The van der Waals surface area contributed by atoms with Crippen LogP contribution in [0.15, 0.2) is 23.5 Å². The molecule has 0 aromatic carbocycles. The van der Waals surface area contributed by atoms with Crippen molar-refractivity contribution in [1.82, 2.24) is 10.3 Å². The quantitative estimate of drug-likeness (QED) is 0.313. The third kappa shape index (κ3) is 2.13. The minimum absolute atomic E-state index is 0.0160. The standard InChI is InChI=1S/C12H16N4O2/c1-8-3-2-6-14-9(8)7-15-11(17)12(4-5-12)10(13)16-18/h2-3,6,18H,4-5,7H2,1H3,(H2,13,16)(H,15,17). The van der Waals surface area contributed by atoms with Gasteiger partial charge < -0.3 is 16.3 Å². The summed E-state index contributed by atoms with van der Waals surface area (Å²) in [4.78, 5) is 16.2. The van der Waals surface area contributed by atoms with Crippen LogP contribution in [0.25, 0.3) is 0 Å². The highest BCUT2D eigenvalue weighted by molar-refractivity contribution is 6.09. The molecule has 1 saturated carbocycles. The van der Waals surface area contributed by atoms with Crippen LogP contribution in [0.1, 0.15) is 24.1 Å². The van der Waals surface area contributed by atoms with Crippen molar-refractivity contribution in [3.8, 4) is 0 Å². The van der Waals surface area contributed by atoms with E-state index < -0.39 is 5.41 Å². The molecule has 1 amide bonds. The van der Waals surface area contributed by atoms with Crippen molar-refractivity contribution >= 4 is 11.7 Å². The number of amides is 1. The minimum atomic E-state index is -0.808. The number of carbonyl (C=O) groups excluding carboxylic acids is 1. The van der Waals surface area contributed by atoms with Gasteiger partial charge in [-0.25, -0.2) is 0 Å². The maximum Gasteiger partial charge on any atom is 0.234 e. The van der Waals surface area contributed by atoms with E-state index in [9.17, 15) is 4.79 Å². The van der Waals surface area contributed by atoms with Crippen LogP contribution in [0.3, 0.4) is 0 Å². The normalized spacial score (nSPS) is 17.3. The largest absolute Gasteiger partial charge is 0.409 e. The van der Waals surface area contributed by atoms with E-state index in [1.54, 1.807) is 6.20 Å². The van der Waals surface area contributed by atoms with Crippen molar-refractivity contribution in [3.63, 3.8) is 0 Å². The molecule has 6 nitrogen and oxygen atoms in total. The lowest BCUT2D eigenvalue weighted by molar-refractivity contribution is -0.124. The number of pyridine rings is 1. The molecule has 6 heteroatoms. The Morgan fingerprint density at radius 2 is 2.39 bits per heavy atom. The van der Waals surface area contributed by atoms with Gasteiger partial charge in [-0.05, 0) is 31.4 Å². The first-order valence-corrected chi connectivity index (χ1v) is 5.77. The number of nitrogens with zero attached hydrogens (tertiary/aromatic N) is 2. The van der Waals surface area contributed by atoms with E-state index in [4.69, 9.17) is 10.9 Å². The number of aromatic nitrogens is 1. The molecule has 0 saturated heterocycles. The third-order valence-corrected chi connectivity index (χ3v) is 3.32. The predicted octanol–water partition coefficient (Wildman–Crippen LogP) is 0.533. The van der Waals surface area contributed by atoms with Crippen molar-refractivity contribution in [2.75, 3.05) is 0 Å². The molecule has 4 N–H and O–H groups in total. The van der Waals surface area contributed by atoms with Gasteiger partial charge in [-0.2, -0.15) is 0 Å². The fourth-order valence-corrected chi connectivity index (χ4v) is 1.86. The second kappa shape index (κ2) is 4.64. The second-order valence-electron chi connectivity index (χ2n) is 4.52. The summed E-state index contributed by atoms with van der Waals surface area (Å²) in [5.74, 6) is -0.222. The Balaban J connectivity index is 2.00. The van der Waals surface area contributed by atoms with Crippen LogP contribution in [-0.2, 0) is 11.3 Å². The topological polar surface area (TPSA) is 101 Å². The van der Waals surface area contributed by atoms with E-state index in [1.807, 2.05) is 19.1 Å². The first kappa shape index (κ1) is 12.3. The van der Waals surface area contributed by atoms with Gasteiger partial charge in [0.05, 0.1) is 12.2 Å². The van der Waals surface area contributed by atoms with Gasteiger partial charge in [-0.1, -0.05) is 11.2 Å².